The molecule has 0 saturated carbocycles. The third-order valence-corrected chi connectivity index (χ3v) is 5.72. The zero-order chi connectivity index (χ0) is 19.1. The molecule has 2 heterocycles. The fourth-order valence-corrected chi connectivity index (χ4v) is 4.17. The predicted octanol–water partition coefficient (Wildman–Crippen LogP) is 3.24. The van der Waals surface area contributed by atoms with Crippen molar-refractivity contribution >= 4 is 11.6 Å². The van der Waals surface area contributed by atoms with Gasteiger partial charge in [-0.15, -0.1) is 0 Å². The predicted molar refractivity (Wildman–Crippen MR) is 104 cm³/mol. The Morgan fingerprint density at radius 2 is 1.93 bits per heavy atom. The average Bonchev–Trinajstić information content (AvgIpc) is 3.38. The van der Waals surface area contributed by atoms with Crippen molar-refractivity contribution in [3.8, 4) is 11.4 Å². The van der Waals surface area contributed by atoms with E-state index in [4.69, 9.17) is 4.52 Å². The van der Waals surface area contributed by atoms with Crippen LogP contribution < -0.4 is 4.90 Å². The molecule has 28 heavy (non-hydrogen) atoms. The first-order valence-electron chi connectivity index (χ1n) is 9.67. The Balaban J connectivity index is 1.43. The van der Waals surface area contributed by atoms with Gasteiger partial charge in [0.05, 0.1) is 0 Å². The maximum Gasteiger partial charge on any atom is 0.259 e. The van der Waals surface area contributed by atoms with Crippen molar-refractivity contribution in [3.63, 3.8) is 0 Å². The molecule has 0 spiro atoms. The number of anilines is 1. The number of amides is 1. The van der Waals surface area contributed by atoms with Crippen LogP contribution in [0.4, 0.5) is 5.69 Å². The van der Waals surface area contributed by atoms with Crippen molar-refractivity contribution in [2.45, 2.75) is 37.7 Å². The highest BCUT2D eigenvalue weighted by atomic mass is 16.5. The van der Waals surface area contributed by atoms with E-state index < -0.39 is 5.60 Å². The van der Waals surface area contributed by atoms with Gasteiger partial charge in [0.2, 0.25) is 11.7 Å². The maximum absolute atomic E-state index is 12.0. The van der Waals surface area contributed by atoms with Crippen molar-refractivity contribution in [2.24, 2.45) is 0 Å². The number of benzene rings is 2. The van der Waals surface area contributed by atoms with Gasteiger partial charge in [0.1, 0.15) is 5.60 Å². The topological polar surface area (TPSA) is 79.5 Å². The number of hydrogen-bond acceptors (Lipinski definition) is 5. The minimum absolute atomic E-state index is 0.140. The van der Waals surface area contributed by atoms with Crippen molar-refractivity contribution in [1.29, 1.82) is 0 Å². The Morgan fingerprint density at radius 1 is 1.07 bits per heavy atom. The van der Waals surface area contributed by atoms with Crippen LogP contribution in [0.3, 0.4) is 0 Å². The van der Waals surface area contributed by atoms with E-state index in [2.05, 4.69) is 16.2 Å². The van der Waals surface area contributed by atoms with Crippen LogP contribution in [0.25, 0.3) is 11.4 Å². The molecule has 1 aliphatic carbocycles. The third kappa shape index (κ3) is 2.90. The summed E-state index contributed by atoms with van der Waals surface area (Å²) in [7, 11) is 0. The average molecular weight is 375 g/mol. The van der Waals surface area contributed by atoms with Gasteiger partial charge in [-0.1, -0.05) is 41.6 Å². The van der Waals surface area contributed by atoms with Gasteiger partial charge in [0.15, 0.2) is 0 Å². The zero-order valence-electron chi connectivity index (χ0n) is 15.5. The lowest BCUT2D eigenvalue weighted by Crippen LogP contribution is -2.33. The summed E-state index contributed by atoms with van der Waals surface area (Å²) in [5.74, 6) is 0.816. The Labute approximate surface area is 162 Å². The molecule has 1 N–H and O–H groups in total. The molecule has 0 bridgehead atoms. The first-order valence-corrected chi connectivity index (χ1v) is 9.67. The number of hydrogen-bond donors (Lipinski definition) is 1. The molecular weight excluding hydrogens is 354 g/mol. The van der Waals surface area contributed by atoms with E-state index in [1.165, 1.54) is 5.56 Å². The van der Waals surface area contributed by atoms with E-state index >= 15 is 0 Å². The summed E-state index contributed by atoms with van der Waals surface area (Å²) in [6.45, 7) is 0.735. The molecule has 1 aliphatic heterocycles. The van der Waals surface area contributed by atoms with Crippen LogP contribution in [0.5, 0.6) is 0 Å². The number of carbonyl (C=O) groups is 1. The highest BCUT2D eigenvalue weighted by Crippen LogP contribution is 2.36. The van der Waals surface area contributed by atoms with Crippen LogP contribution in [0.1, 0.15) is 36.3 Å². The summed E-state index contributed by atoms with van der Waals surface area (Å²) < 4.78 is 5.47. The van der Waals surface area contributed by atoms with Gasteiger partial charge in [-0.3, -0.25) is 4.79 Å². The molecule has 2 aliphatic rings. The number of aromatic nitrogens is 2. The molecule has 1 amide bonds. The lowest BCUT2D eigenvalue weighted by atomic mass is 9.80. The molecule has 1 atom stereocenters. The Bertz CT molecular complexity index is 1040. The van der Waals surface area contributed by atoms with Gasteiger partial charge in [0.25, 0.3) is 5.89 Å². The summed E-state index contributed by atoms with van der Waals surface area (Å²) in [4.78, 5) is 18.3. The van der Waals surface area contributed by atoms with Crippen molar-refractivity contribution in [2.75, 3.05) is 11.4 Å². The van der Waals surface area contributed by atoms with Crippen LogP contribution >= 0.6 is 0 Å². The van der Waals surface area contributed by atoms with Gasteiger partial charge in [-0.2, -0.15) is 4.98 Å². The minimum Gasteiger partial charge on any atom is -0.380 e. The normalized spacial score (nSPS) is 21.8. The second kappa shape index (κ2) is 6.56. The number of rotatable bonds is 3. The second-order valence-corrected chi connectivity index (χ2v) is 7.60. The van der Waals surface area contributed by atoms with Gasteiger partial charge in [-0.25, -0.2) is 0 Å². The van der Waals surface area contributed by atoms with Gasteiger partial charge in [-0.05, 0) is 42.5 Å². The molecule has 5 rings (SSSR count). The van der Waals surface area contributed by atoms with Crippen LogP contribution in [0.15, 0.2) is 53.1 Å². The molecular formula is C22H21N3O3. The molecule has 1 fully saturated rings. The molecule has 3 aromatic rings. The maximum atomic E-state index is 12.0. The monoisotopic (exact) mass is 375 g/mol. The van der Waals surface area contributed by atoms with Crippen molar-refractivity contribution < 1.29 is 14.4 Å². The van der Waals surface area contributed by atoms with Crippen LogP contribution in [0.2, 0.25) is 0 Å². The third-order valence-electron chi connectivity index (χ3n) is 5.72. The number of aryl methyl sites for hydroxylation is 1. The van der Waals surface area contributed by atoms with Crippen LogP contribution in [-0.4, -0.2) is 27.7 Å². The van der Waals surface area contributed by atoms with Crippen molar-refractivity contribution in [1.82, 2.24) is 10.1 Å². The van der Waals surface area contributed by atoms with E-state index in [9.17, 15) is 9.90 Å². The molecule has 142 valence electrons. The number of fused-ring (bicyclic) bond motifs is 1. The standard InChI is InChI=1S/C22H21N3O3/c26-19-9-4-12-25(19)18-8-3-7-16(13-18)20-23-21(28-24-20)22(27)11-10-15-5-1-2-6-17(15)14-22/h1-3,5-8,13,27H,4,9-12,14H2. The van der Waals surface area contributed by atoms with Gasteiger partial charge in [0, 0.05) is 30.6 Å². The number of nitrogens with zero attached hydrogens (tertiary/aromatic N) is 3. The molecule has 1 saturated heterocycles. The SMILES string of the molecule is O=C1CCCN1c1cccc(-c2noc(C3(O)CCc4ccccc4C3)n2)c1. The van der Waals surface area contributed by atoms with E-state index in [1.807, 2.05) is 42.5 Å². The number of carbonyl (C=O) groups excluding carboxylic acids is 1. The van der Waals surface area contributed by atoms with E-state index in [0.717, 1.165) is 36.2 Å². The summed E-state index contributed by atoms with van der Waals surface area (Å²) in [6, 6.07) is 15.7. The molecule has 2 aromatic carbocycles. The highest BCUT2D eigenvalue weighted by molar-refractivity contribution is 5.95. The quantitative estimate of drug-likeness (QED) is 0.760. The minimum atomic E-state index is -1.15. The Kier molecular flexibility index (Phi) is 4.02. The largest absolute Gasteiger partial charge is 0.380 e. The van der Waals surface area contributed by atoms with E-state index in [0.29, 0.717) is 25.1 Å². The van der Waals surface area contributed by atoms with Crippen LogP contribution in [0, 0.1) is 0 Å². The number of aliphatic hydroxyl groups is 1. The van der Waals surface area contributed by atoms with Gasteiger partial charge >= 0.3 is 0 Å². The summed E-state index contributed by atoms with van der Waals surface area (Å²) in [5, 5.41) is 15.3. The second-order valence-electron chi connectivity index (χ2n) is 7.60. The Hall–Kier alpha value is -2.99. The van der Waals surface area contributed by atoms with Gasteiger partial charge < -0.3 is 14.5 Å². The smallest absolute Gasteiger partial charge is 0.259 e. The fraction of sp³-hybridized carbons (Fsp3) is 0.318. The summed E-state index contributed by atoms with van der Waals surface area (Å²) >= 11 is 0. The summed E-state index contributed by atoms with van der Waals surface area (Å²) in [5.41, 5.74) is 2.84. The summed E-state index contributed by atoms with van der Waals surface area (Å²) in [6.07, 6.45) is 3.26. The van der Waals surface area contributed by atoms with Crippen LogP contribution in [-0.2, 0) is 23.2 Å². The molecule has 0 radical (unpaired) electrons. The van der Waals surface area contributed by atoms with Crippen molar-refractivity contribution in [3.05, 3.63) is 65.5 Å². The lowest BCUT2D eigenvalue weighted by molar-refractivity contribution is -0.117. The van der Waals surface area contributed by atoms with E-state index in [-0.39, 0.29) is 11.8 Å². The first-order chi connectivity index (χ1) is 13.6. The molecule has 1 aromatic heterocycles. The molecule has 6 heteroatoms. The molecule has 6 nitrogen and oxygen atoms in total. The lowest BCUT2D eigenvalue weighted by Gasteiger charge is -2.30. The fourth-order valence-electron chi connectivity index (χ4n) is 4.17. The first kappa shape index (κ1) is 17.1. The van der Waals surface area contributed by atoms with E-state index in [1.54, 1.807) is 4.90 Å². The molecule has 1 unspecified atom stereocenters. The highest BCUT2D eigenvalue weighted by Gasteiger charge is 2.39. The Morgan fingerprint density at radius 3 is 2.75 bits per heavy atom. The zero-order valence-corrected chi connectivity index (χ0v) is 15.5.